The zero-order valence-electron chi connectivity index (χ0n) is 11.8. The lowest BCUT2D eigenvalue weighted by Crippen LogP contribution is -2.28. The van der Waals surface area contributed by atoms with Gasteiger partial charge in [-0.3, -0.25) is 0 Å². The molecule has 18 heavy (non-hydrogen) atoms. The third kappa shape index (κ3) is 3.05. The first-order valence-corrected chi connectivity index (χ1v) is 7.09. The number of nitrogens with one attached hydrogen (secondary N) is 1. The smallest absolute Gasteiger partial charge is 0.122 e. The van der Waals surface area contributed by atoms with Crippen molar-refractivity contribution in [3.8, 4) is 5.75 Å². The molecular formula is C16H25NO. The fraction of sp³-hybridized carbons (Fsp3) is 0.625. The Balaban J connectivity index is 2.20. The van der Waals surface area contributed by atoms with Crippen molar-refractivity contribution in [2.24, 2.45) is 5.92 Å². The molecule has 0 unspecified atom stereocenters. The number of benzene rings is 1. The fourth-order valence-electron chi connectivity index (χ4n) is 3.00. The quantitative estimate of drug-likeness (QED) is 0.881. The molecule has 1 aliphatic rings. The summed E-state index contributed by atoms with van der Waals surface area (Å²) < 4.78 is 5.52. The molecule has 1 aromatic rings. The van der Waals surface area contributed by atoms with Gasteiger partial charge in [0.05, 0.1) is 7.11 Å². The molecule has 1 N–H and O–H groups in total. The van der Waals surface area contributed by atoms with E-state index < -0.39 is 0 Å². The minimum Gasteiger partial charge on any atom is -0.496 e. The summed E-state index contributed by atoms with van der Waals surface area (Å²) in [6, 6.07) is 6.49. The summed E-state index contributed by atoms with van der Waals surface area (Å²) in [5.74, 6) is 2.41. The minimum absolute atomic E-state index is 0.526. The van der Waals surface area contributed by atoms with Gasteiger partial charge in [0.2, 0.25) is 0 Å². The minimum atomic E-state index is 0.526. The standard InChI is InChI=1S/C16H25NO/c1-12(2)16-14(5-4-6-15(16)18-3)11-13-7-9-17-10-8-13/h4-6,12-13,17H,7-11H2,1-3H3. The Bertz CT molecular complexity index is 381. The lowest BCUT2D eigenvalue weighted by Gasteiger charge is -2.25. The van der Waals surface area contributed by atoms with Gasteiger partial charge in [0.15, 0.2) is 0 Å². The van der Waals surface area contributed by atoms with Crippen LogP contribution in [0.2, 0.25) is 0 Å². The highest BCUT2D eigenvalue weighted by molar-refractivity contribution is 5.42. The van der Waals surface area contributed by atoms with Crippen LogP contribution in [0, 0.1) is 5.92 Å². The molecule has 1 fully saturated rings. The van der Waals surface area contributed by atoms with Gasteiger partial charge in [-0.05, 0) is 61.4 Å². The van der Waals surface area contributed by atoms with Crippen molar-refractivity contribution in [1.29, 1.82) is 0 Å². The number of hydrogen-bond acceptors (Lipinski definition) is 2. The van der Waals surface area contributed by atoms with Crippen LogP contribution in [0.5, 0.6) is 5.75 Å². The Morgan fingerprint density at radius 2 is 2.00 bits per heavy atom. The summed E-state index contributed by atoms with van der Waals surface area (Å²) >= 11 is 0. The third-order valence-electron chi connectivity index (χ3n) is 3.92. The van der Waals surface area contributed by atoms with Crippen molar-refractivity contribution in [3.05, 3.63) is 29.3 Å². The molecule has 2 rings (SSSR count). The van der Waals surface area contributed by atoms with Crippen LogP contribution in [0.25, 0.3) is 0 Å². The monoisotopic (exact) mass is 247 g/mol. The molecule has 2 heteroatoms. The summed E-state index contributed by atoms with van der Waals surface area (Å²) in [6.45, 7) is 6.85. The van der Waals surface area contributed by atoms with Crippen LogP contribution >= 0.6 is 0 Å². The molecule has 2 nitrogen and oxygen atoms in total. The van der Waals surface area contributed by atoms with E-state index in [1.807, 2.05) is 0 Å². The van der Waals surface area contributed by atoms with Crippen LogP contribution in [0.3, 0.4) is 0 Å². The summed E-state index contributed by atoms with van der Waals surface area (Å²) in [7, 11) is 1.77. The Morgan fingerprint density at radius 1 is 1.28 bits per heavy atom. The molecular weight excluding hydrogens is 222 g/mol. The van der Waals surface area contributed by atoms with Gasteiger partial charge in [-0.1, -0.05) is 26.0 Å². The molecule has 0 radical (unpaired) electrons. The van der Waals surface area contributed by atoms with Crippen molar-refractivity contribution in [1.82, 2.24) is 5.32 Å². The summed E-state index contributed by atoms with van der Waals surface area (Å²) in [5, 5.41) is 3.44. The van der Waals surface area contributed by atoms with Gasteiger partial charge < -0.3 is 10.1 Å². The van der Waals surface area contributed by atoms with Crippen molar-refractivity contribution in [2.45, 2.75) is 39.0 Å². The van der Waals surface area contributed by atoms with E-state index in [0.29, 0.717) is 5.92 Å². The highest BCUT2D eigenvalue weighted by Gasteiger charge is 2.18. The van der Waals surface area contributed by atoms with E-state index in [0.717, 1.165) is 11.7 Å². The Labute approximate surface area is 111 Å². The van der Waals surface area contributed by atoms with E-state index in [1.54, 1.807) is 7.11 Å². The van der Waals surface area contributed by atoms with Crippen molar-refractivity contribution >= 4 is 0 Å². The first-order chi connectivity index (χ1) is 8.72. The first kappa shape index (κ1) is 13.4. The lowest BCUT2D eigenvalue weighted by atomic mass is 9.86. The van der Waals surface area contributed by atoms with E-state index in [9.17, 15) is 0 Å². The number of rotatable bonds is 4. The number of piperidine rings is 1. The Kier molecular flexibility index (Phi) is 4.65. The molecule has 100 valence electrons. The van der Waals surface area contributed by atoms with E-state index >= 15 is 0 Å². The second kappa shape index (κ2) is 6.24. The highest BCUT2D eigenvalue weighted by atomic mass is 16.5. The Morgan fingerprint density at radius 3 is 2.61 bits per heavy atom. The van der Waals surface area contributed by atoms with Crippen LogP contribution in [-0.2, 0) is 6.42 Å². The highest BCUT2D eigenvalue weighted by Crippen LogP contribution is 2.32. The molecule has 1 aromatic carbocycles. The van der Waals surface area contributed by atoms with E-state index in [2.05, 4.69) is 37.4 Å². The molecule has 0 aliphatic carbocycles. The van der Waals surface area contributed by atoms with Gasteiger partial charge in [0.1, 0.15) is 5.75 Å². The van der Waals surface area contributed by atoms with Gasteiger partial charge in [0.25, 0.3) is 0 Å². The zero-order valence-corrected chi connectivity index (χ0v) is 11.8. The predicted molar refractivity (Wildman–Crippen MR) is 76.4 cm³/mol. The first-order valence-electron chi connectivity index (χ1n) is 7.09. The van der Waals surface area contributed by atoms with Gasteiger partial charge in [0, 0.05) is 0 Å². The molecule has 0 saturated carbocycles. The summed E-state index contributed by atoms with van der Waals surface area (Å²) in [6.07, 6.45) is 3.80. The van der Waals surface area contributed by atoms with Crippen LogP contribution in [0.1, 0.15) is 43.7 Å². The van der Waals surface area contributed by atoms with Crippen molar-refractivity contribution < 1.29 is 4.74 Å². The SMILES string of the molecule is COc1cccc(CC2CCNCC2)c1C(C)C. The molecule has 1 saturated heterocycles. The van der Waals surface area contributed by atoms with Crippen LogP contribution < -0.4 is 10.1 Å². The van der Waals surface area contributed by atoms with Crippen LogP contribution in [-0.4, -0.2) is 20.2 Å². The third-order valence-corrected chi connectivity index (χ3v) is 3.92. The van der Waals surface area contributed by atoms with Crippen LogP contribution in [0.4, 0.5) is 0 Å². The van der Waals surface area contributed by atoms with E-state index in [4.69, 9.17) is 4.74 Å². The normalized spacial score (nSPS) is 17.1. The molecule has 1 aliphatic heterocycles. The fourth-order valence-corrected chi connectivity index (χ4v) is 3.00. The van der Waals surface area contributed by atoms with E-state index in [-0.39, 0.29) is 0 Å². The Hall–Kier alpha value is -1.02. The van der Waals surface area contributed by atoms with Gasteiger partial charge in [-0.25, -0.2) is 0 Å². The zero-order chi connectivity index (χ0) is 13.0. The maximum atomic E-state index is 5.52. The molecule has 1 heterocycles. The second-order valence-corrected chi connectivity index (χ2v) is 5.59. The van der Waals surface area contributed by atoms with Gasteiger partial charge in [-0.15, -0.1) is 0 Å². The average Bonchev–Trinajstić information content (AvgIpc) is 2.39. The molecule has 0 amide bonds. The molecule has 0 bridgehead atoms. The molecule has 0 atom stereocenters. The van der Waals surface area contributed by atoms with E-state index in [1.165, 1.54) is 43.5 Å². The van der Waals surface area contributed by atoms with Gasteiger partial charge in [-0.2, -0.15) is 0 Å². The molecule has 0 spiro atoms. The largest absolute Gasteiger partial charge is 0.496 e. The van der Waals surface area contributed by atoms with Gasteiger partial charge >= 0.3 is 0 Å². The maximum Gasteiger partial charge on any atom is 0.122 e. The maximum absolute atomic E-state index is 5.52. The summed E-state index contributed by atoms with van der Waals surface area (Å²) in [4.78, 5) is 0. The lowest BCUT2D eigenvalue weighted by molar-refractivity contribution is 0.369. The van der Waals surface area contributed by atoms with Crippen molar-refractivity contribution in [2.75, 3.05) is 20.2 Å². The number of ether oxygens (including phenoxy) is 1. The second-order valence-electron chi connectivity index (χ2n) is 5.59. The van der Waals surface area contributed by atoms with Crippen molar-refractivity contribution in [3.63, 3.8) is 0 Å². The number of hydrogen-bond donors (Lipinski definition) is 1. The average molecular weight is 247 g/mol. The number of methoxy groups -OCH3 is 1. The summed E-state index contributed by atoms with van der Waals surface area (Å²) in [5.41, 5.74) is 2.88. The predicted octanol–water partition coefficient (Wildman–Crippen LogP) is 3.36. The topological polar surface area (TPSA) is 21.3 Å². The van der Waals surface area contributed by atoms with Crippen LogP contribution in [0.15, 0.2) is 18.2 Å². The molecule has 0 aromatic heterocycles.